The van der Waals surface area contributed by atoms with E-state index in [0.29, 0.717) is 0 Å². The number of allylic oxidation sites excluding steroid dienone is 1. The largest absolute Gasteiger partial charge is 0.354 e. The fourth-order valence-electron chi connectivity index (χ4n) is 3.76. The maximum absolute atomic E-state index is 5.87. The Bertz CT molecular complexity index is 1200. The molecule has 0 atom stereocenters. The fraction of sp³-hybridized carbons (Fsp3) is 0. The van der Waals surface area contributed by atoms with Gasteiger partial charge in [0.25, 0.3) is 0 Å². The van der Waals surface area contributed by atoms with Crippen LogP contribution in [-0.2, 0) is 0 Å². The van der Waals surface area contributed by atoms with E-state index in [-0.39, 0.29) is 0 Å². The highest BCUT2D eigenvalue weighted by Crippen LogP contribution is 2.40. The summed E-state index contributed by atoms with van der Waals surface area (Å²) >= 11 is 5.87. The zero-order valence-electron chi connectivity index (χ0n) is 14.6. The minimum atomic E-state index is 0.902. The molecule has 0 fully saturated rings. The lowest BCUT2D eigenvalue weighted by atomic mass is 10.0. The van der Waals surface area contributed by atoms with E-state index < -0.39 is 0 Å². The van der Waals surface area contributed by atoms with Gasteiger partial charge in [-0.2, -0.15) is 0 Å². The van der Waals surface area contributed by atoms with Crippen molar-refractivity contribution in [3.05, 3.63) is 114 Å². The zero-order chi connectivity index (χ0) is 18.2. The van der Waals surface area contributed by atoms with E-state index in [4.69, 9.17) is 12.2 Å². The predicted molar refractivity (Wildman–Crippen MR) is 119 cm³/mol. The molecule has 0 aliphatic heterocycles. The maximum Gasteiger partial charge on any atom is 0.0559 e. The van der Waals surface area contributed by atoms with Gasteiger partial charge in [-0.05, 0) is 17.0 Å². The van der Waals surface area contributed by atoms with Gasteiger partial charge in [0.05, 0.1) is 10.6 Å². The van der Waals surface area contributed by atoms with Crippen LogP contribution in [0.2, 0.25) is 0 Å². The molecule has 4 aromatic carbocycles. The Morgan fingerprint density at radius 3 is 2.11 bits per heavy atom. The van der Waals surface area contributed by atoms with Crippen LogP contribution in [0.5, 0.6) is 0 Å². The molecule has 0 spiro atoms. The van der Waals surface area contributed by atoms with Gasteiger partial charge in [-0.15, -0.1) is 0 Å². The first kappa shape index (κ1) is 16.0. The summed E-state index contributed by atoms with van der Waals surface area (Å²) in [4.78, 5) is 0.902. The first-order valence-corrected chi connectivity index (χ1v) is 9.42. The second-order valence-electron chi connectivity index (χ2n) is 6.64. The van der Waals surface area contributed by atoms with Gasteiger partial charge in [-0.25, -0.2) is 0 Å². The maximum atomic E-state index is 5.87. The van der Waals surface area contributed by atoms with Gasteiger partial charge >= 0.3 is 0 Å². The quantitative estimate of drug-likeness (QED) is 0.414. The van der Waals surface area contributed by atoms with Crippen molar-refractivity contribution < 1.29 is 0 Å². The number of nitrogens with one attached hydrogen (secondary N) is 1. The van der Waals surface area contributed by atoms with Crippen LogP contribution in [0.15, 0.2) is 97.1 Å². The van der Waals surface area contributed by atoms with E-state index in [9.17, 15) is 0 Å². The van der Waals surface area contributed by atoms with Gasteiger partial charge in [0.1, 0.15) is 0 Å². The topological polar surface area (TPSA) is 12.0 Å². The molecule has 27 heavy (non-hydrogen) atoms. The third kappa shape index (κ3) is 2.66. The molecule has 0 amide bonds. The highest BCUT2D eigenvalue weighted by atomic mass is 32.1. The first-order valence-electron chi connectivity index (χ1n) is 9.01. The SMILES string of the molecule is S=C1C(c2ccccc2)=C(Nc2cccc3ccccc23)c2ccccc21. The molecule has 2 heteroatoms. The molecule has 1 aliphatic rings. The van der Waals surface area contributed by atoms with E-state index in [0.717, 1.165) is 38.5 Å². The normalized spacial score (nSPS) is 13.1. The Morgan fingerprint density at radius 1 is 0.593 bits per heavy atom. The molecule has 1 nitrogen and oxygen atoms in total. The van der Waals surface area contributed by atoms with E-state index in [1.807, 2.05) is 6.07 Å². The van der Waals surface area contributed by atoms with Crippen LogP contribution in [0.25, 0.3) is 22.0 Å². The number of hydrogen-bond donors (Lipinski definition) is 1. The molecule has 5 rings (SSSR count). The van der Waals surface area contributed by atoms with Crippen molar-refractivity contribution in [1.29, 1.82) is 0 Å². The van der Waals surface area contributed by atoms with Crippen molar-refractivity contribution in [3.8, 4) is 0 Å². The average Bonchev–Trinajstić information content (AvgIpc) is 3.01. The van der Waals surface area contributed by atoms with Crippen molar-refractivity contribution in [2.75, 3.05) is 5.32 Å². The minimum Gasteiger partial charge on any atom is -0.354 e. The Balaban J connectivity index is 1.73. The van der Waals surface area contributed by atoms with Crippen molar-refractivity contribution in [1.82, 2.24) is 0 Å². The molecule has 0 saturated heterocycles. The second-order valence-corrected chi connectivity index (χ2v) is 7.05. The van der Waals surface area contributed by atoms with Crippen LogP contribution in [-0.4, -0.2) is 4.86 Å². The fourth-order valence-corrected chi connectivity index (χ4v) is 4.16. The van der Waals surface area contributed by atoms with Crippen LogP contribution in [0.3, 0.4) is 0 Å². The van der Waals surface area contributed by atoms with E-state index in [1.54, 1.807) is 0 Å². The highest BCUT2D eigenvalue weighted by molar-refractivity contribution is 7.82. The molecule has 0 aromatic heterocycles. The molecule has 4 aromatic rings. The van der Waals surface area contributed by atoms with Gasteiger partial charge in [0.15, 0.2) is 0 Å². The summed E-state index contributed by atoms with van der Waals surface area (Å²) in [5.74, 6) is 0. The number of benzene rings is 4. The average molecular weight is 363 g/mol. The van der Waals surface area contributed by atoms with Crippen molar-refractivity contribution >= 4 is 44.8 Å². The third-order valence-corrected chi connectivity index (χ3v) is 5.45. The smallest absolute Gasteiger partial charge is 0.0559 e. The number of rotatable bonds is 3. The van der Waals surface area contributed by atoms with Crippen LogP contribution in [0.1, 0.15) is 16.7 Å². The lowest BCUT2D eigenvalue weighted by molar-refractivity contribution is 1.56. The molecule has 1 N–H and O–H groups in total. The van der Waals surface area contributed by atoms with E-state index in [2.05, 4.69) is 96.3 Å². The minimum absolute atomic E-state index is 0.902. The number of thiocarbonyl (C=S) groups is 1. The molecule has 128 valence electrons. The van der Waals surface area contributed by atoms with Crippen LogP contribution in [0.4, 0.5) is 5.69 Å². The number of hydrogen-bond acceptors (Lipinski definition) is 2. The molecule has 0 saturated carbocycles. The van der Waals surface area contributed by atoms with Crippen molar-refractivity contribution in [3.63, 3.8) is 0 Å². The Kier molecular flexibility index (Phi) is 3.84. The summed E-state index contributed by atoms with van der Waals surface area (Å²) < 4.78 is 0. The Labute approximate surface area is 164 Å². The van der Waals surface area contributed by atoms with Crippen molar-refractivity contribution in [2.24, 2.45) is 0 Å². The van der Waals surface area contributed by atoms with Crippen LogP contribution >= 0.6 is 12.2 Å². The van der Waals surface area contributed by atoms with Gasteiger partial charge < -0.3 is 5.32 Å². The summed E-state index contributed by atoms with van der Waals surface area (Å²) in [7, 11) is 0. The van der Waals surface area contributed by atoms with Gasteiger partial charge in [0.2, 0.25) is 0 Å². The van der Waals surface area contributed by atoms with Crippen LogP contribution < -0.4 is 5.32 Å². The third-order valence-electron chi connectivity index (χ3n) is 5.03. The van der Waals surface area contributed by atoms with E-state index >= 15 is 0 Å². The summed E-state index contributed by atoms with van der Waals surface area (Å²) in [5.41, 5.74) is 6.69. The summed E-state index contributed by atoms with van der Waals surface area (Å²) in [5, 5.41) is 6.14. The summed E-state index contributed by atoms with van der Waals surface area (Å²) in [6.07, 6.45) is 0. The molecule has 0 unspecified atom stereocenters. The highest BCUT2D eigenvalue weighted by Gasteiger charge is 2.27. The number of fused-ring (bicyclic) bond motifs is 2. The predicted octanol–water partition coefficient (Wildman–Crippen LogP) is 6.55. The lowest BCUT2D eigenvalue weighted by Crippen LogP contribution is -2.01. The Hall–Kier alpha value is -3.23. The zero-order valence-corrected chi connectivity index (χ0v) is 15.5. The van der Waals surface area contributed by atoms with Crippen molar-refractivity contribution in [2.45, 2.75) is 0 Å². The molecular formula is C25H17NS. The summed E-state index contributed by atoms with van der Waals surface area (Å²) in [6, 6.07) is 33.6. The van der Waals surface area contributed by atoms with Crippen LogP contribution in [0, 0.1) is 0 Å². The molecule has 1 aliphatic carbocycles. The summed E-state index contributed by atoms with van der Waals surface area (Å²) in [6.45, 7) is 0. The molecule has 0 heterocycles. The van der Waals surface area contributed by atoms with Gasteiger partial charge in [-0.3, -0.25) is 0 Å². The second kappa shape index (κ2) is 6.49. The van der Waals surface area contributed by atoms with Gasteiger partial charge in [0, 0.05) is 27.8 Å². The number of anilines is 1. The van der Waals surface area contributed by atoms with E-state index in [1.165, 1.54) is 10.8 Å². The molecule has 0 bridgehead atoms. The lowest BCUT2D eigenvalue weighted by Gasteiger charge is -2.14. The Morgan fingerprint density at radius 2 is 1.26 bits per heavy atom. The van der Waals surface area contributed by atoms with Gasteiger partial charge in [-0.1, -0.05) is 103 Å². The standard InChI is InChI=1S/C25H17NS/c27-25-21-15-7-6-14-20(21)24(23(25)18-10-2-1-3-11-18)26-22-16-8-12-17-9-4-5-13-19(17)22/h1-16,26H. The molecular weight excluding hydrogens is 346 g/mol. The molecule has 0 radical (unpaired) electrons. The monoisotopic (exact) mass is 363 g/mol. The first-order chi connectivity index (χ1) is 13.3.